The van der Waals surface area contributed by atoms with E-state index in [1.807, 2.05) is 59.5 Å². The molecule has 2 amide bonds. The molecule has 2 aromatic carbocycles. The number of hydrogen-bond donors (Lipinski definition) is 1. The predicted octanol–water partition coefficient (Wildman–Crippen LogP) is 4.60. The number of benzene rings is 2. The van der Waals surface area contributed by atoms with Gasteiger partial charge in [0.1, 0.15) is 28.5 Å². The first-order valence-corrected chi connectivity index (χ1v) is 11.8. The van der Waals surface area contributed by atoms with E-state index in [1.165, 1.54) is 0 Å². The van der Waals surface area contributed by atoms with Gasteiger partial charge in [-0.05, 0) is 30.7 Å². The number of ether oxygens (including phenoxy) is 1. The summed E-state index contributed by atoms with van der Waals surface area (Å²) in [5.41, 5.74) is 2.92. The summed E-state index contributed by atoms with van der Waals surface area (Å²) >= 11 is 0. The standard InChI is InChI=1S/C26H28N6O3/c1-3-7-21-28-24(22-23(30-35-25(22)29-21)18-8-5-4-6-9-18)31-14-16-32(17-15-31)26(33)27-19-10-12-20(34-2)13-11-19/h4-6,8-13H,3,7,14-17H2,1-2H3,(H,27,33). The Morgan fingerprint density at radius 1 is 1.03 bits per heavy atom. The number of fused-ring (bicyclic) bond motifs is 1. The zero-order valence-electron chi connectivity index (χ0n) is 19.9. The van der Waals surface area contributed by atoms with Crippen LogP contribution < -0.4 is 15.0 Å². The summed E-state index contributed by atoms with van der Waals surface area (Å²) in [5.74, 6) is 2.30. The first-order valence-electron chi connectivity index (χ1n) is 11.8. The molecule has 9 heteroatoms. The first-order chi connectivity index (χ1) is 17.2. The molecule has 1 aliphatic rings. The van der Waals surface area contributed by atoms with Crippen LogP contribution in [0.5, 0.6) is 5.75 Å². The number of anilines is 2. The fourth-order valence-electron chi connectivity index (χ4n) is 4.24. The number of carbonyl (C=O) groups is 1. The van der Waals surface area contributed by atoms with Crippen LogP contribution >= 0.6 is 0 Å². The van der Waals surface area contributed by atoms with Crippen LogP contribution in [0.25, 0.3) is 22.4 Å². The van der Waals surface area contributed by atoms with Crippen LogP contribution in [-0.2, 0) is 6.42 Å². The van der Waals surface area contributed by atoms with E-state index in [0.29, 0.717) is 31.9 Å². The third-order valence-corrected chi connectivity index (χ3v) is 6.09. The summed E-state index contributed by atoms with van der Waals surface area (Å²) in [6.07, 6.45) is 1.69. The van der Waals surface area contributed by atoms with Crippen molar-refractivity contribution in [2.75, 3.05) is 43.5 Å². The van der Waals surface area contributed by atoms with Crippen LogP contribution in [-0.4, -0.2) is 59.3 Å². The van der Waals surface area contributed by atoms with Crippen LogP contribution in [0, 0.1) is 0 Å². The second-order valence-electron chi connectivity index (χ2n) is 8.42. The molecule has 2 aromatic heterocycles. The van der Waals surface area contributed by atoms with Crippen molar-refractivity contribution in [1.29, 1.82) is 0 Å². The molecule has 4 aromatic rings. The molecule has 1 N–H and O–H groups in total. The molecule has 1 fully saturated rings. The average Bonchev–Trinajstić information content (AvgIpc) is 3.33. The van der Waals surface area contributed by atoms with Gasteiger partial charge in [0.15, 0.2) is 0 Å². The Labute approximate surface area is 203 Å². The van der Waals surface area contributed by atoms with Gasteiger partial charge in [0.05, 0.1) is 7.11 Å². The highest BCUT2D eigenvalue weighted by molar-refractivity contribution is 5.98. The van der Waals surface area contributed by atoms with E-state index in [1.54, 1.807) is 7.11 Å². The van der Waals surface area contributed by atoms with Gasteiger partial charge in [-0.3, -0.25) is 0 Å². The molecule has 0 aliphatic carbocycles. The lowest BCUT2D eigenvalue weighted by atomic mass is 10.1. The minimum atomic E-state index is -0.121. The molecular formula is C26H28N6O3. The topological polar surface area (TPSA) is 96.6 Å². The van der Waals surface area contributed by atoms with E-state index in [2.05, 4.69) is 27.3 Å². The Morgan fingerprint density at radius 2 is 1.77 bits per heavy atom. The molecule has 0 spiro atoms. The molecule has 9 nitrogen and oxygen atoms in total. The first kappa shape index (κ1) is 22.6. The highest BCUT2D eigenvalue weighted by Crippen LogP contribution is 2.34. The smallest absolute Gasteiger partial charge is 0.321 e. The monoisotopic (exact) mass is 472 g/mol. The summed E-state index contributed by atoms with van der Waals surface area (Å²) in [5, 5.41) is 8.11. The van der Waals surface area contributed by atoms with Crippen LogP contribution in [0.1, 0.15) is 19.2 Å². The minimum absolute atomic E-state index is 0.121. The van der Waals surface area contributed by atoms with Gasteiger partial charge in [-0.15, -0.1) is 0 Å². The van der Waals surface area contributed by atoms with Gasteiger partial charge in [0, 0.05) is 43.9 Å². The van der Waals surface area contributed by atoms with E-state index in [9.17, 15) is 4.79 Å². The van der Waals surface area contributed by atoms with Gasteiger partial charge in [-0.25, -0.2) is 9.78 Å². The predicted molar refractivity (Wildman–Crippen MR) is 135 cm³/mol. The largest absolute Gasteiger partial charge is 0.497 e. The lowest BCUT2D eigenvalue weighted by molar-refractivity contribution is 0.208. The molecule has 0 atom stereocenters. The van der Waals surface area contributed by atoms with Crippen LogP contribution in [0.3, 0.4) is 0 Å². The summed E-state index contributed by atoms with van der Waals surface area (Å²) in [6.45, 7) is 4.54. The highest BCUT2D eigenvalue weighted by atomic mass is 16.5. The maximum atomic E-state index is 12.8. The van der Waals surface area contributed by atoms with Crippen LogP contribution in [0.2, 0.25) is 0 Å². The van der Waals surface area contributed by atoms with Crippen molar-refractivity contribution < 1.29 is 14.1 Å². The van der Waals surface area contributed by atoms with Gasteiger partial charge < -0.3 is 24.4 Å². The zero-order chi connectivity index (χ0) is 24.2. The Kier molecular flexibility index (Phi) is 6.47. The normalized spacial score (nSPS) is 13.8. The second-order valence-corrected chi connectivity index (χ2v) is 8.42. The molecule has 5 rings (SSSR count). The van der Waals surface area contributed by atoms with Gasteiger partial charge in [0.2, 0.25) is 0 Å². The Balaban J connectivity index is 1.36. The number of piperazine rings is 1. The van der Waals surface area contributed by atoms with Crippen molar-refractivity contribution in [3.8, 4) is 17.0 Å². The van der Waals surface area contributed by atoms with E-state index < -0.39 is 0 Å². The van der Waals surface area contributed by atoms with E-state index >= 15 is 0 Å². The Morgan fingerprint density at radius 3 is 2.46 bits per heavy atom. The molecular weight excluding hydrogens is 444 g/mol. The third-order valence-electron chi connectivity index (χ3n) is 6.09. The number of carbonyl (C=O) groups excluding carboxylic acids is 1. The maximum Gasteiger partial charge on any atom is 0.321 e. The minimum Gasteiger partial charge on any atom is -0.497 e. The average molecular weight is 473 g/mol. The molecule has 0 bridgehead atoms. The summed E-state index contributed by atoms with van der Waals surface area (Å²) in [7, 11) is 1.62. The summed E-state index contributed by atoms with van der Waals surface area (Å²) in [4.78, 5) is 26.4. The van der Waals surface area contributed by atoms with Crippen LogP contribution in [0.4, 0.5) is 16.3 Å². The summed E-state index contributed by atoms with van der Waals surface area (Å²) in [6, 6.07) is 17.1. The number of amides is 2. The molecule has 0 radical (unpaired) electrons. The number of nitrogens with zero attached hydrogens (tertiary/aromatic N) is 5. The molecule has 1 saturated heterocycles. The fourth-order valence-corrected chi connectivity index (χ4v) is 4.24. The molecule has 35 heavy (non-hydrogen) atoms. The van der Waals surface area contributed by atoms with Crippen molar-refractivity contribution in [2.45, 2.75) is 19.8 Å². The third kappa shape index (κ3) is 4.75. The van der Waals surface area contributed by atoms with Gasteiger partial charge in [-0.2, -0.15) is 4.98 Å². The number of methoxy groups -OCH3 is 1. The summed E-state index contributed by atoms with van der Waals surface area (Å²) < 4.78 is 10.8. The number of aromatic nitrogens is 3. The highest BCUT2D eigenvalue weighted by Gasteiger charge is 2.27. The molecule has 180 valence electrons. The molecule has 3 heterocycles. The number of hydrogen-bond acceptors (Lipinski definition) is 7. The van der Waals surface area contributed by atoms with E-state index in [0.717, 1.165) is 52.6 Å². The van der Waals surface area contributed by atoms with Crippen molar-refractivity contribution in [2.24, 2.45) is 0 Å². The molecule has 0 unspecified atom stereocenters. The molecule has 0 saturated carbocycles. The van der Waals surface area contributed by atoms with Gasteiger partial charge >= 0.3 is 6.03 Å². The quantitative estimate of drug-likeness (QED) is 0.438. The van der Waals surface area contributed by atoms with Crippen molar-refractivity contribution in [1.82, 2.24) is 20.0 Å². The van der Waals surface area contributed by atoms with Crippen molar-refractivity contribution in [3.63, 3.8) is 0 Å². The number of rotatable bonds is 6. The molecule has 1 aliphatic heterocycles. The lowest BCUT2D eigenvalue weighted by Crippen LogP contribution is -2.50. The van der Waals surface area contributed by atoms with Gasteiger partial charge in [0.25, 0.3) is 5.71 Å². The zero-order valence-corrected chi connectivity index (χ0v) is 19.9. The Hall–Kier alpha value is -4.14. The SMILES string of the molecule is CCCc1nc(N2CCN(C(=O)Nc3ccc(OC)cc3)CC2)c2c(-c3ccccc3)noc2n1. The lowest BCUT2D eigenvalue weighted by Gasteiger charge is -2.35. The fraction of sp³-hybridized carbons (Fsp3) is 0.308. The number of urea groups is 1. The second kappa shape index (κ2) is 10.0. The van der Waals surface area contributed by atoms with Crippen LogP contribution in [0.15, 0.2) is 59.1 Å². The maximum absolute atomic E-state index is 12.8. The number of aryl methyl sites for hydroxylation is 1. The van der Waals surface area contributed by atoms with Gasteiger partial charge in [-0.1, -0.05) is 42.4 Å². The Bertz CT molecular complexity index is 1300. The van der Waals surface area contributed by atoms with Crippen molar-refractivity contribution in [3.05, 3.63) is 60.4 Å². The van der Waals surface area contributed by atoms with Crippen molar-refractivity contribution >= 4 is 28.6 Å². The van der Waals surface area contributed by atoms with E-state index in [-0.39, 0.29) is 6.03 Å². The number of nitrogens with one attached hydrogen (secondary N) is 1. The van der Waals surface area contributed by atoms with E-state index in [4.69, 9.17) is 14.2 Å².